The van der Waals surface area contributed by atoms with E-state index in [0.717, 1.165) is 17.7 Å². The van der Waals surface area contributed by atoms with Gasteiger partial charge in [0.05, 0.1) is 6.61 Å². The van der Waals surface area contributed by atoms with Gasteiger partial charge in [-0.15, -0.1) is 0 Å². The summed E-state index contributed by atoms with van der Waals surface area (Å²) in [4.78, 5) is 4.30. The maximum absolute atomic E-state index is 13.7. The highest BCUT2D eigenvalue weighted by Crippen LogP contribution is 2.28. The van der Waals surface area contributed by atoms with E-state index in [1.807, 2.05) is 24.3 Å². The molecular formula is C16H16FN3O. The molecule has 2 N–H and O–H groups in total. The van der Waals surface area contributed by atoms with Crippen molar-refractivity contribution in [1.29, 1.82) is 0 Å². The minimum atomic E-state index is -0.390. The number of nitrogen functional groups attached to an aromatic ring is 1. The lowest BCUT2D eigenvalue weighted by Crippen LogP contribution is -1.95. The van der Waals surface area contributed by atoms with Gasteiger partial charge in [0.25, 0.3) is 0 Å². The van der Waals surface area contributed by atoms with Crippen LogP contribution < -0.4 is 10.5 Å². The van der Waals surface area contributed by atoms with E-state index < -0.39 is 5.82 Å². The van der Waals surface area contributed by atoms with Gasteiger partial charge in [0, 0.05) is 11.8 Å². The smallest absolute Gasteiger partial charge is 0.175 e. The van der Waals surface area contributed by atoms with E-state index >= 15 is 0 Å². The number of nitrogens with zero attached hydrogens (tertiary/aromatic N) is 2. The van der Waals surface area contributed by atoms with Crippen LogP contribution in [0, 0.1) is 5.82 Å². The van der Waals surface area contributed by atoms with Gasteiger partial charge in [0.15, 0.2) is 11.5 Å². The molecule has 0 aliphatic heterocycles. The summed E-state index contributed by atoms with van der Waals surface area (Å²) in [6.07, 6.45) is 2.66. The van der Waals surface area contributed by atoms with E-state index in [-0.39, 0.29) is 5.65 Å². The van der Waals surface area contributed by atoms with Crippen LogP contribution >= 0.6 is 0 Å². The van der Waals surface area contributed by atoms with Crippen molar-refractivity contribution in [2.45, 2.75) is 13.3 Å². The highest BCUT2D eigenvalue weighted by Gasteiger charge is 2.13. The molecule has 2 aromatic heterocycles. The quantitative estimate of drug-likeness (QED) is 0.798. The Hall–Kier alpha value is -2.56. The first kappa shape index (κ1) is 13.4. The zero-order chi connectivity index (χ0) is 14.8. The molecule has 3 rings (SSSR count). The van der Waals surface area contributed by atoms with Crippen molar-refractivity contribution in [3.63, 3.8) is 0 Å². The molecule has 0 aliphatic rings. The van der Waals surface area contributed by atoms with Crippen molar-refractivity contribution in [1.82, 2.24) is 9.38 Å². The average Bonchev–Trinajstić information content (AvgIpc) is 2.85. The molecule has 0 fully saturated rings. The Morgan fingerprint density at radius 2 is 2.00 bits per heavy atom. The van der Waals surface area contributed by atoms with E-state index in [9.17, 15) is 4.39 Å². The maximum atomic E-state index is 13.7. The molecule has 2 heterocycles. The molecule has 0 radical (unpaired) electrons. The monoisotopic (exact) mass is 285 g/mol. The molecule has 0 bridgehead atoms. The topological polar surface area (TPSA) is 52.5 Å². The standard InChI is InChI=1S/C16H16FN3O/c1-2-10-21-12-7-5-11(6-8-12)14-15(18)20-9-3-4-13(17)16(20)19-14/h3-9H,2,10,18H2,1H3. The molecule has 0 saturated heterocycles. The molecule has 21 heavy (non-hydrogen) atoms. The molecule has 0 aliphatic carbocycles. The molecule has 1 aromatic carbocycles. The molecule has 0 spiro atoms. The van der Waals surface area contributed by atoms with Gasteiger partial charge in [-0.1, -0.05) is 6.92 Å². The van der Waals surface area contributed by atoms with Crippen molar-refractivity contribution in [3.05, 3.63) is 48.4 Å². The Labute approximate surface area is 122 Å². The second-order valence-electron chi connectivity index (χ2n) is 4.77. The Balaban J connectivity index is 2.00. The highest BCUT2D eigenvalue weighted by molar-refractivity contribution is 5.75. The largest absolute Gasteiger partial charge is 0.494 e. The maximum Gasteiger partial charge on any atom is 0.175 e. The first-order chi connectivity index (χ1) is 10.2. The summed E-state index contributed by atoms with van der Waals surface area (Å²) < 4.78 is 20.8. The molecule has 3 aromatic rings. The van der Waals surface area contributed by atoms with E-state index in [1.165, 1.54) is 6.07 Å². The minimum Gasteiger partial charge on any atom is -0.494 e. The van der Waals surface area contributed by atoms with Crippen LogP contribution in [0.5, 0.6) is 5.75 Å². The molecule has 108 valence electrons. The fourth-order valence-electron chi connectivity index (χ4n) is 2.19. The number of benzene rings is 1. The Morgan fingerprint density at radius 3 is 2.67 bits per heavy atom. The fraction of sp³-hybridized carbons (Fsp3) is 0.188. The molecule has 5 heteroatoms. The van der Waals surface area contributed by atoms with E-state index in [1.54, 1.807) is 16.7 Å². The van der Waals surface area contributed by atoms with Crippen LogP contribution in [0.25, 0.3) is 16.9 Å². The summed E-state index contributed by atoms with van der Waals surface area (Å²) in [7, 11) is 0. The minimum absolute atomic E-state index is 0.233. The number of nitrogens with two attached hydrogens (primary N) is 1. The SMILES string of the molecule is CCCOc1ccc(-c2nc3c(F)cccn3c2N)cc1. The molecule has 0 saturated carbocycles. The van der Waals surface area contributed by atoms with Crippen LogP contribution in [0.1, 0.15) is 13.3 Å². The second kappa shape index (κ2) is 5.44. The summed E-state index contributed by atoms with van der Waals surface area (Å²) >= 11 is 0. The third-order valence-corrected chi connectivity index (χ3v) is 3.24. The molecule has 0 unspecified atom stereocenters. The van der Waals surface area contributed by atoms with Crippen molar-refractivity contribution in [3.8, 4) is 17.0 Å². The van der Waals surface area contributed by atoms with Gasteiger partial charge >= 0.3 is 0 Å². The number of halogens is 1. The van der Waals surface area contributed by atoms with Gasteiger partial charge in [0.2, 0.25) is 0 Å². The van der Waals surface area contributed by atoms with Crippen LogP contribution in [0.4, 0.5) is 10.2 Å². The summed E-state index contributed by atoms with van der Waals surface area (Å²) in [6.45, 7) is 2.74. The molecular weight excluding hydrogens is 269 g/mol. The summed E-state index contributed by atoms with van der Waals surface area (Å²) in [5, 5.41) is 0. The lowest BCUT2D eigenvalue weighted by molar-refractivity contribution is 0.317. The highest BCUT2D eigenvalue weighted by atomic mass is 19.1. The fourth-order valence-corrected chi connectivity index (χ4v) is 2.19. The number of hydrogen-bond acceptors (Lipinski definition) is 3. The zero-order valence-electron chi connectivity index (χ0n) is 11.7. The van der Waals surface area contributed by atoms with E-state index in [4.69, 9.17) is 10.5 Å². The van der Waals surface area contributed by atoms with Crippen molar-refractivity contribution in [2.75, 3.05) is 12.3 Å². The predicted octanol–water partition coefficient (Wildman–Crippen LogP) is 3.51. The molecule has 0 atom stereocenters. The van der Waals surface area contributed by atoms with Gasteiger partial charge < -0.3 is 10.5 Å². The van der Waals surface area contributed by atoms with Crippen molar-refractivity contribution >= 4 is 11.5 Å². The van der Waals surface area contributed by atoms with Gasteiger partial charge in [-0.2, -0.15) is 0 Å². The van der Waals surface area contributed by atoms with Crippen molar-refractivity contribution in [2.24, 2.45) is 0 Å². The summed E-state index contributed by atoms with van der Waals surface area (Å²) in [5.74, 6) is 0.833. The first-order valence-electron chi connectivity index (χ1n) is 6.86. The number of imidazole rings is 1. The van der Waals surface area contributed by atoms with E-state index in [0.29, 0.717) is 18.1 Å². The molecule has 4 nitrogen and oxygen atoms in total. The Kier molecular flexibility index (Phi) is 3.48. The number of hydrogen-bond donors (Lipinski definition) is 1. The number of rotatable bonds is 4. The summed E-state index contributed by atoms with van der Waals surface area (Å²) in [6, 6.07) is 10.5. The third-order valence-electron chi connectivity index (χ3n) is 3.24. The first-order valence-corrected chi connectivity index (χ1v) is 6.86. The lowest BCUT2D eigenvalue weighted by Gasteiger charge is -2.05. The number of ether oxygens (including phenoxy) is 1. The zero-order valence-corrected chi connectivity index (χ0v) is 11.7. The number of aromatic nitrogens is 2. The van der Waals surface area contributed by atoms with Crippen LogP contribution in [0.3, 0.4) is 0 Å². The Bertz CT molecular complexity index is 765. The number of anilines is 1. The number of pyridine rings is 1. The van der Waals surface area contributed by atoms with Gasteiger partial charge in [0.1, 0.15) is 17.3 Å². The normalized spacial score (nSPS) is 11.0. The average molecular weight is 285 g/mol. The van der Waals surface area contributed by atoms with Crippen LogP contribution in [0.15, 0.2) is 42.6 Å². The Morgan fingerprint density at radius 1 is 1.24 bits per heavy atom. The molecule has 0 amide bonds. The van der Waals surface area contributed by atoms with Gasteiger partial charge in [-0.05, 0) is 42.8 Å². The van der Waals surface area contributed by atoms with Crippen LogP contribution in [-0.2, 0) is 0 Å². The summed E-state index contributed by atoms with van der Waals surface area (Å²) in [5.41, 5.74) is 7.70. The van der Waals surface area contributed by atoms with Crippen LogP contribution in [-0.4, -0.2) is 16.0 Å². The van der Waals surface area contributed by atoms with Gasteiger partial charge in [-0.3, -0.25) is 4.40 Å². The van der Waals surface area contributed by atoms with Crippen molar-refractivity contribution < 1.29 is 9.13 Å². The predicted molar refractivity (Wildman–Crippen MR) is 80.8 cm³/mol. The number of fused-ring (bicyclic) bond motifs is 1. The lowest BCUT2D eigenvalue weighted by atomic mass is 10.1. The third kappa shape index (κ3) is 2.42. The second-order valence-corrected chi connectivity index (χ2v) is 4.77. The van der Waals surface area contributed by atoms with E-state index in [2.05, 4.69) is 11.9 Å². The van der Waals surface area contributed by atoms with Gasteiger partial charge in [-0.25, -0.2) is 9.37 Å². The van der Waals surface area contributed by atoms with Crippen LogP contribution in [0.2, 0.25) is 0 Å².